The number of anilines is 1. The third-order valence-electron chi connectivity index (χ3n) is 5.99. The van der Waals surface area contributed by atoms with E-state index in [-0.39, 0.29) is 35.5 Å². The Morgan fingerprint density at radius 2 is 1.93 bits per heavy atom. The molecule has 2 saturated heterocycles. The number of piperidine rings is 1. The predicted molar refractivity (Wildman–Crippen MR) is 114 cm³/mol. The van der Waals surface area contributed by atoms with Gasteiger partial charge >= 0.3 is 0 Å². The van der Waals surface area contributed by atoms with E-state index in [2.05, 4.69) is 16.2 Å². The number of hydrogen-bond acceptors (Lipinski definition) is 4. The molecule has 2 amide bonds. The zero-order valence-electron chi connectivity index (χ0n) is 17.0. The van der Waals surface area contributed by atoms with Crippen LogP contribution < -0.4 is 16.2 Å². The maximum atomic E-state index is 13.4. The minimum absolute atomic E-state index is 0.0678. The molecule has 0 aliphatic carbocycles. The lowest BCUT2D eigenvalue weighted by molar-refractivity contribution is -0.138. The molecule has 2 aromatic carbocycles. The molecular weight excluding hydrogens is 383 g/mol. The van der Waals surface area contributed by atoms with Crippen molar-refractivity contribution in [3.05, 3.63) is 54.3 Å². The van der Waals surface area contributed by atoms with Crippen LogP contribution in [-0.4, -0.2) is 42.4 Å². The smallest absolute Gasteiger partial charge is 0.229 e. The van der Waals surface area contributed by atoms with E-state index in [1.54, 1.807) is 6.07 Å². The zero-order chi connectivity index (χ0) is 21.1. The molecule has 2 aliphatic rings. The predicted octanol–water partition coefficient (Wildman–Crippen LogP) is 2.78. The molecule has 0 bridgehead atoms. The molecule has 30 heavy (non-hydrogen) atoms. The summed E-state index contributed by atoms with van der Waals surface area (Å²) in [5, 5.41) is 2.96. The number of rotatable bonds is 4. The van der Waals surface area contributed by atoms with Gasteiger partial charge in [-0.25, -0.2) is 4.39 Å². The van der Waals surface area contributed by atoms with Crippen molar-refractivity contribution >= 4 is 17.5 Å². The SMILES string of the molecule is CC1NNCC1C(=O)N1CCCC(C(=O)Nc2ccc(-c3cccc(F)c3)cc2)C1. The molecule has 2 heterocycles. The quantitative estimate of drug-likeness (QED) is 0.725. The zero-order valence-corrected chi connectivity index (χ0v) is 17.0. The van der Waals surface area contributed by atoms with Crippen LogP contribution in [0.4, 0.5) is 10.1 Å². The molecule has 3 unspecified atom stereocenters. The first-order valence-corrected chi connectivity index (χ1v) is 10.5. The summed E-state index contributed by atoms with van der Waals surface area (Å²) in [5.41, 5.74) is 8.48. The molecule has 0 saturated carbocycles. The minimum atomic E-state index is -0.278. The van der Waals surface area contributed by atoms with Crippen LogP contribution >= 0.6 is 0 Å². The first-order valence-electron chi connectivity index (χ1n) is 10.5. The number of halogens is 1. The highest BCUT2D eigenvalue weighted by Crippen LogP contribution is 2.24. The van der Waals surface area contributed by atoms with E-state index in [9.17, 15) is 14.0 Å². The number of hydrogen-bond donors (Lipinski definition) is 3. The standard InChI is InChI=1S/C23H27FN4O2/c1-15-21(13-25-27-15)23(30)28-11-3-5-18(14-28)22(29)26-20-9-7-16(8-10-20)17-4-2-6-19(24)12-17/h2,4,6-10,12,15,18,21,25,27H,3,5,11,13-14H2,1H3,(H,26,29). The normalized spacial score (nSPS) is 23.9. The van der Waals surface area contributed by atoms with Gasteiger partial charge < -0.3 is 10.2 Å². The highest BCUT2D eigenvalue weighted by atomic mass is 19.1. The van der Waals surface area contributed by atoms with Crippen LogP contribution in [0.2, 0.25) is 0 Å². The fraction of sp³-hybridized carbons (Fsp3) is 0.391. The average molecular weight is 410 g/mol. The summed E-state index contributed by atoms with van der Waals surface area (Å²) in [5.74, 6) is -0.552. The number of likely N-dealkylation sites (tertiary alicyclic amines) is 1. The van der Waals surface area contributed by atoms with E-state index in [0.717, 1.165) is 24.0 Å². The number of benzene rings is 2. The van der Waals surface area contributed by atoms with Crippen LogP contribution in [-0.2, 0) is 9.59 Å². The summed E-state index contributed by atoms with van der Waals surface area (Å²) in [7, 11) is 0. The molecule has 4 rings (SSSR count). The van der Waals surface area contributed by atoms with Crippen LogP contribution in [0.1, 0.15) is 19.8 Å². The Morgan fingerprint density at radius 3 is 2.63 bits per heavy atom. The lowest BCUT2D eigenvalue weighted by Crippen LogP contribution is -2.48. The van der Waals surface area contributed by atoms with Gasteiger partial charge in [0.15, 0.2) is 0 Å². The third-order valence-corrected chi connectivity index (χ3v) is 5.99. The van der Waals surface area contributed by atoms with Crippen molar-refractivity contribution in [1.29, 1.82) is 0 Å². The minimum Gasteiger partial charge on any atom is -0.342 e. The van der Waals surface area contributed by atoms with Crippen LogP contribution in [0.5, 0.6) is 0 Å². The van der Waals surface area contributed by atoms with Crippen LogP contribution in [0, 0.1) is 17.7 Å². The Balaban J connectivity index is 1.37. The molecule has 158 valence electrons. The van der Waals surface area contributed by atoms with E-state index in [4.69, 9.17) is 0 Å². The van der Waals surface area contributed by atoms with E-state index >= 15 is 0 Å². The fourth-order valence-corrected chi connectivity index (χ4v) is 4.19. The largest absolute Gasteiger partial charge is 0.342 e. The van der Waals surface area contributed by atoms with E-state index < -0.39 is 0 Å². The number of nitrogens with one attached hydrogen (secondary N) is 3. The Labute approximate surface area is 175 Å². The average Bonchev–Trinajstić information content (AvgIpc) is 3.19. The van der Waals surface area contributed by atoms with Crippen molar-refractivity contribution < 1.29 is 14.0 Å². The van der Waals surface area contributed by atoms with Gasteiger partial charge in [0.1, 0.15) is 5.82 Å². The molecule has 6 nitrogen and oxygen atoms in total. The van der Waals surface area contributed by atoms with Gasteiger partial charge in [-0.3, -0.25) is 20.4 Å². The Kier molecular flexibility index (Phi) is 6.11. The highest BCUT2D eigenvalue weighted by molar-refractivity contribution is 5.93. The summed E-state index contributed by atoms with van der Waals surface area (Å²) < 4.78 is 13.4. The summed E-state index contributed by atoms with van der Waals surface area (Å²) in [4.78, 5) is 27.4. The number of nitrogens with zero attached hydrogens (tertiary/aromatic N) is 1. The van der Waals surface area contributed by atoms with Gasteiger partial charge in [-0.05, 0) is 55.2 Å². The number of carbonyl (C=O) groups is 2. The first kappa shape index (κ1) is 20.5. The summed E-state index contributed by atoms with van der Waals surface area (Å²) in [6.45, 7) is 3.76. The summed E-state index contributed by atoms with van der Waals surface area (Å²) >= 11 is 0. The molecule has 7 heteroatoms. The van der Waals surface area contributed by atoms with Gasteiger partial charge in [0, 0.05) is 31.4 Å². The first-order chi connectivity index (χ1) is 14.5. The molecule has 2 fully saturated rings. The molecule has 0 spiro atoms. The summed E-state index contributed by atoms with van der Waals surface area (Å²) in [6.07, 6.45) is 1.60. The van der Waals surface area contributed by atoms with Crippen molar-refractivity contribution in [2.75, 3.05) is 25.0 Å². The fourth-order valence-electron chi connectivity index (χ4n) is 4.19. The maximum absolute atomic E-state index is 13.4. The Morgan fingerprint density at radius 1 is 1.13 bits per heavy atom. The number of amides is 2. The third kappa shape index (κ3) is 4.52. The van der Waals surface area contributed by atoms with Gasteiger partial charge in [-0.1, -0.05) is 24.3 Å². The highest BCUT2D eigenvalue weighted by Gasteiger charge is 2.36. The van der Waals surface area contributed by atoms with Gasteiger partial charge in [0.2, 0.25) is 11.8 Å². The molecule has 2 aromatic rings. The van der Waals surface area contributed by atoms with E-state index in [0.29, 0.717) is 25.3 Å². The second-order valence-electron chi connectivity index (χ2n) is 8.12. The van der Waals surface area contributed by atoms with E-state index in [1.807, 2.05) is 42.2 Å². The molecule has 3 N–H and O–H groups in total. The van der Waals surface area contributed by atoms with Crippen LogP contribution in [0.3, 0.4) is 0 Å². The second kappa shape index (κ2) is 8.93. The van der Waals surface area contributed by atoms with Gasteiger partial charge in [0.25, 0.3) is 0 Å². The monoisotopic (exact) mass is 410 g/mol. The molecule has 2 aliphatic heterocycles. The molecule has 0 radical (unpaired) electrons. The van der Waals surface area contributed by atoms with Crippen molar-refractivity contribution in [2.45, 2.75) is 25.8 Å². The van der Waals surface area contributed by atoms with Gasteiger partial charge in [0.05, 0.1) is 11.8 Å². The molecule has 0 aromatic heterocycles. The topological polar surface area (TPSA) is 73.5 Å². The van der Waals surface area contributed by atoms with Crippen LogP contribution in [0.25, 0.3) is 11.1 Å². The Bertz CT molecular complexity index is 918. The Hall–Kier alpha value is -2.77. The van der Waals surface area contributed by atoms with Crippen LogP contribution in [0.15, 0.2) is 48.5 Å². The van der Waals surface area contributed by atoms with Crippen molar-refractivity contribution in [3.63, 3.8) is 0 Å². The van der Waals surface area contributed by atoms with Gasteiger partial charge in [-0.2, -0.15) is 0 Å². The van der Waals surface area contributed by atoms with Gasteiger partial charge in [-0.15, -0.1) is 0 Å². The molecule has 3 atom stereocenters. The van der Waals surface area contributed by atoms with Crippen molar-refractivity contribution in [3.8, 4) is 11.1 Å². The lowest BCUT2D eigenvalue weighted by Gasteiger charge is -2.34. The maximum Gasteiger partial charge on any atom is 0.229 e. The number of hydrazine groups is 1. The second-order valence-corrected chi connectivity index (χ2v) is 8.12. The summed E-state index contributed by atoms with van der Waals surface area (Å²) in [6, 6.07) is 13.9. The lowest BCUT2D eigenvalue weighted by atomic mass is 9.94. The van der Waals surface area contributed by atoms with Crippen molar-refractivity contribution in [1.82, 2.24) is 15.8 Å². The number of carbonyl (C=O) groups excluding carboxylic acids is 2. The van der Waals surface area contributed by atoms with Crippen molar-refractivity contribution in [2.24, 2.45) is 11.8 Å². The molecular formula is C23H27FN4O2. The van der Waals surface area contributed by atoms with E-state index in [1.165, 1.54) is 12.1 Å².